The highest BCUT2D eigenvalue weighted by Crippen LogP contribution is 2.19. The van der Waals surface area contributed by atoms with Crippen molar-refractivity contribution in [1.82, 2.24) is 14.9 Å². The van der Waals surface area contributed by atoms with Crippen LogP contribution in [0, 0.1) is 0 Å². The third kappa shape index (κ3) is 2.75. The SMILES string of the molecule is CC[C@@H](C(=O)NC1CCCC1)n1ccc2ncccc2c1=O. The van der Waals surface area contributed by atoms with E-state index in [1.165, 1.54) is 17.4 Å². The third-order valence-corrected chi connectivity index (χ3v) is 4.42. The van der Waals surface area contributed by atoms with Gasteiger partial charge in [0.25, 0.3) is 5.56 Å². The van der Waals surface area contributed by atoms with Crippen LogP contribution in [-0.4, -0.2) is 21.5 Å². The number of hydrogen-bond donors (Lipinski definition) is 1. The van der Waals surface area contributed by atoms with Gasteiger partial charge in [0.15, 0.2) is 0 Å². The van der Waals surface area contributed by atoms with Crippen molar-refractivity contribution >= 4 is 16.8 Å². The van der Waals surface area contributed by atoms with Gasteiger partial charge < -0.3 is 9.88 Å². The van der Waals surface area contributed by atoms with Gasteiger partial charge in [-0.1, -0.05) is 19.8 Å². The molecule has 0 spiro atoms. The molecule has 1 aliphatic carbocycles. The highest BCUT2D eigenvalue weighted by atomic mass is 16.2. The van der Waals surface area contributed by atoms with E-state index < -0.39 is 6.04 Å². The molecule has 2 aromatic heterocycles. The Morgan fingerprint density at radius 1 is 1.41 bits per heavy atom. The van der Waals surface area contributed by atoms with Crippen LogP contribution in [0.4, 0.5) is 0 Å². The van der Waals surface area contributed by atoms with Crippen LogP contribution < -0.4 is 10.9 Å². The molecule has 0 saturated heterocycles. The molecule has 1 saturated carbocycles. The Bertz CT molecular complexity index is 732. The molecule has 0 aliphatic heterocycles. The Morgan fingerprint density at radius 3 is 2.91 bits per heavy atom. The number of pyridine rings is 2. The molecule has 0 radical (unpaired) electrons. The number of amides is 1. The summed E-state index contributed by atoms with van der Waals surface area (Å²) in [5, 5.41) is 3.64. The van der Waals surface area contributed by atoms with Crippen LogP contribution in [0.3, 0.4) is 0 Å². The second kappa shape index (κ2) is 6.30. The maximum absolute atomic E-state index is 12.6. The van der Waals surface area contributed by atoms with Crippen molar-refractivity contribution in [1.29, 1.82) is 0 Å². The molecule has 2 aromatic rings. The first-order valence-corrected chi connectivity index (χ1v) is 7.97. The van der Waals surface area contributed by atoms with E-state index in [2.05, 4.69) is 10.3 Å². The molecule has 1 atom stereocenters. The number of nitrogens with one attached hydrogen (secondary N) is 1. The van der Waals surface area contributed by atoms with Gasteiger partial charge in [0.2, 0.25) is 5.91 Å². The van der Waals surface area contributed by atoms with Gasteiger partial charge in [0.05, 0.1) is 10.9 Å². The van der Waals surface area contributed by atoms with Crippen molar-refractivity contribution in [2.75, 3.05) is 0 Å². The molecule has 1 fully saturated rings. The van der Waals surface area contributed by atoms with Gasteiger partial charge in [0.1, 0.15) is 6.04 Å². The lowest BCUT2D eigenvalue weighted by molar-refractivity contribution is -0.125. The Hall–Kier alpha value is -2.17. The van der Waals surface area contributed by atoms with Crippen molar-refractivity contribution in [3.8, 4) is 0 Å². The van der Waals surface area contributed by atoms with E-state index in [1.54, 1.807) is 30.6 Å². The predicted molar refractivity (Wildman–Crippen MR) is 85.7 cm³/mol. The highest BCUT2D eigenvalue weighted by molar-refractivity contribution is 5.82. The van der Waals surface area contributed by atoms with Crippen LogP contribution >= 0.6 is 0 Å². The molecular weight excluding hydrogens is 278 g/mol. The minimum Gasteiger partial charge on any atom is -0.352 e. The van der Waals surface area contributed by atoms with Crippen LogP contribution in [-0.2, 0) is 4.79 Å². The quantitative estimate of drug-likeness (QED) is 0.943. The molecule has 1 N–H and O–H groups in total. The average Bonchev–Trinajstić information content (AvgIpc) is 3.03. The van der Waals surface area contributed by atoms with Crippen molar-refractivity contribution in [2.45, 2.75) is 51.1 Å². The molecule has 2 heterocycles. The lowest BCUT2D eigenvalue weighted by Gasteiger charge is -2.21. The summed E-state index contributed by atoms with van der Waals surface area (Å²) < 4.78 is 1.54. The minimum atomic E-state index is -0.460. The zero-order valence-electron chi connectivity index (χ0n) is 12.8. The van der Waals surface area contributed by atoms with Crippen LogP contribution in [0.2, 0.25) is 0 Å². The molecule has 5 heteroatoms. The Labute approximate surface area is 129 Å². The fraction of sp³-hybridized carbons (Fsp3) is 0.471. The van der Waals surface area contributed by atoms with E-state index in [4.69, 9.17) is 0 Å². The molecule has 1 aliphatic rings. The minimum absolute atomic E-state index is 0.0558. The van der Waals surface area contributed by atoms with Gasteiger partial charge in [0, 0.05) is 18.4 Å². The third-order valence-electron chi connectivity index (χ3n) is 4.42. The number of hydrogen-bond acceptors (Lipinski definition) is 3. The van der Waals surface area contributed by atoms with E-state index in [1.807, 2.05) is 6.92 Å². The van der Waals surface area contributed by atoms with Crippen molar-refractivity contribution in [3.63, 3.8) is 0 Å². The monoisotopic (exact) mass is 299 g/mol. The summed E-state index contributed by atoms with van der Waals surface area (Å²) in [4.78, 5) is 29.3. The summed E-state index contributed by atoms with van der Waals surface area (Å²) in [5.74, 6) is -0.0558. The molecule has 0 aromatic carbocycles. The standard InChI is InChI=1S/C17H21N3O2/c1-2-15(16(21)19-12-6-3-4-7-12)20-11-9-14-13(17(20)22)8-5-10-18-14/h5,8-12,15H,2-4,6-7H2,1H3,(H,19,21)/t15-/m0/s1. The molecule has 0 unspecified atom stereocenters. The molecule has 0 bridgehead atoms. The Kier molecular flexibility index (Phi) is 4.22. The summed E-state index contributed by atoms with van der Waals surface area (Å²) in [6, 6.07) is 5.09. The van der Waals surface area contributed by atoms with E-state index in [9.17, 15) is 9.59 Å². The summed E-state index contributed by atoms with van der Waals surface area (Å²) in [6.07, 6.45) is 8.35. The second-order valence-electron chi connectivity index (χ2n) is 5.88. The van der Waals surface area contributed by atoms with Gasteiger partial charge in [-0.15, -0.1) is 0 Å². The van der Waals surface area contributed by atoms with Crippen molar-refractivity contribution in [3.05, 3.63) is 40.9 Å². The van der Waals surface area contributed by atoms with Gasteiger partial charge in [-0.05, 0) is 37.5 Å². The topological polar surface area (TPSA) is 64.0 Å². The number of aromatic nitrogens is 2. The molecule has 116 valence electrons. The first-order chi connectivity index (χ1) is 10.7. The Morgan fingerprint density at radius 2 is 2.18 bits per heavy atom. The highest BCUT2D eigenvalue weighted by Gasteiger charge is 2.24. The van der Waals surface area contributed by atoms with Gasteiger partial charge in [-0.3, -0.25) is 14.6 Å². The molecular formula is C17H21N3O2. The van der Waals surface area contributed by atoms with Gasteiger partial charge in [-0.25, -0.2) is 0 Å². The smallest absolute Gasteiger partial charge is 0.260 e. The summed E-state index contributed by atoms with van der Waals surface area (Å²) in [6.45, 7) is 1.93. The lowest BCUT2D eigenvalue weighted by atomic mass is 10.1. The maximum atomic E-state index is 12.6. The average molecular weight is 299 g/mol. The van der Waals surface area contributed by atoms with Crippen LogP contribution in [0.15, 0.2) is 35.4 Å². The Balaban J connectivity index is 1.91. The van der Waals surface area contributed by atoms with Crippen LogP contribution in [0.5, 0.6) is 0 Å². The maximum Gasteiger partial charge on any atom is 0.260 e. The first kappa shape index (κ1) is 14.8. The predicted octanol–water partition coefficient (Wildman–Crippen LogP) is 2.41. The van der Waals surface area contributed by atoms with E-state index in [0.717, 1.165) is 12.8 Å². The summed E-state index contributed by atoms with van der Waals surface area (Å²) in [5.41, 5.74) is 0.508. The van der Waals surface area contributed by atoms with Crippen LogP contribution in [0.1, 0.15) is 45.1 Å². The van der Waals surface area contributed by atoms with Crippen molar-refractivity contribution < 1.29 is 4.79 Å². The second-order valence-corrected chi connectivity index (χ2v) is 5.88. The molecule has 5 nitrogen and oxygen atoms in total. The molecule has 3 rings (SSSR count). The molecule has 1 amide bonds. The summed E-state index contributed by atoms with van der Waals surface area (Å²) in [7, 11) is 0. The largest absolute Gasteiger partial charge is 0.352 e. The van der Waals surface area contributed by atoms with Crippen molar-refractivity contribution in [2.24, 2.45) is 0 Å². The van der Waals surface area contributed by atoms with E-state index in [-0.39, 0.29) is 17.5 Å². The number of fused-ring (bicyclic) bond motifs is 1. The fourth-order valence-corrected chi connectivity index (χ4v) is 3.21. The lowest BCUT2D eigenvalue weighted by Crippen LogP contribution is -2.41. The zero-order valence-corrected chi connectivity index (χ0v) is 12.8. The van der Waals surface area contributed by atoms with Gasteiger partial charge in [-0.2, -0.15) is 0 Å². The van der Waals surface area contributed by atoms with E-state index >= 15 is 0 Å². The van der Waals surface area contributed by atoms with Gasteiger partial charge >= 0.3 is 0 Å². The normalized spacial score (nSPS) is 16.8. The number of carbonyl (C=O) groups is 1. The summed E-state index contributed by atoms with van der Waals surface area (Å²) >= 11 is 0. The van der Waals surface area contributed by atoms with E-state index in [0.29, 0.717) is 17.3 Å². The molecule has 22 heavy (non-hydrogen) atoms. The zero-order chi connectivity index (χ0) is 15.5. The number of carbonyl (C=O) groups excluding carboxylic acids is 1. The first-order valence-electron chi connectivity index (χ1n) is 7.97. The van der Waals surface area contributed by atoms with Crippen LogP contribution in [0.25, 0.3) is 10.9 Å². The fourth-order valence-electron chi connectivity index (χ4n) is 3.21. The number of rotatable bonds is 4. The number of nitrogens with zero attached hydrogens (tertiary/aromatic N) is 2.